The standard InChI is InChI=1S/C23H38O5/c1-22-9-8-15(24)10-14(22)11-18(25)21-16-7-6-13(4-3-5-20(27)28)23(16,2)19(26)12-17(21)22/h13-19,21,24-26H,3-12H2,1-2H3,(H,27,28)/t13-,14-,15+,16-,17-,18+,19-,21?,22-,23+/m0/s1. The summed E-state index contributed by atoms with van der Waals surface area (Å²) in [5.41, 5.74) is -0.106. The van der Waals surface area contributed by atoms with Crippen LogP contribution < -0.4 is 0 Å². The van der Waals surface area contributed by atoms with Crippen molar-refractivity contribution in [3.05, 3.63) is 0 Å². The van der Waals surface area contributed by atoms with E-state index in [0.717, 1.165) is 51.4 Å². The molecule has 4 fully saturated rings. The Morgan fingerprint density at radius 1 is 1.00 bits per heavy atom. The first-order valence-electron chi connectivity index (χ1n) is 11.4. The van der Waals surface area contributed by atoms with E-state index in [9.17, 15) is 20.1 Å². The van der Waals surface area contributed by atoms with Gasteiger partial charge in [-0.2, -0.15) is 0 Å². The Morgan fingerprint density at radius 2 is 1.75 bits per heavy atom. The lowest BCUT2D eigenvalue weighted by Crippen LogP contribution is -2.62. The summed E-state index contributed by atoms with van der Waals surface area (Å²) in [7, 11) is 0. The lowest BCUT2D eigenvalue weighted by molar-refractivity contribution is -0.204. The number of aliphatic hydroxyl groups is 3. The number of hydrogen-bond donors (Lipinski definition) is 4. The van der Waals surface area contributed by atoms with Crippen LogP contribution in [-0.2, 0) is 4.79 Å². The minimum Gasteiger partial charge on any atom is -0.481 e. The van der Waals surface area contributed by atoms with Crippen molar-refractivity contribution in [2.45, 2.75) is 96.4 Å². The number of carbonyl (C=O) groups is 1. The Morgan fingerprint density at radius 3 is 2.46 bits per heavy atom. The monoisotopic (exact) mass is 394 g/mol. The summed E-state index contributed by atoms with van der Waals surface area (Å²) in [6.45, 7) is 4.56. The van der Waals surface area contributed by atoms with Gasteiger partial charge in [0.05, 0.1) is 18.3 Å². The highest BCUT2D eigenvalue weighted by Gasteiger charge is 2.65. The largest absolute Gasteiger partial charge is 0.481 e. The number of aliphatic carboxylic acids is 1. The van der Waals surface area contributed by atoms with Gasteiger partial charge < -0.3 is 20.4 Å². The Bertz CT molecular complexity index is 608. The Labute approximate surface area is 168 Å². The van der Waals surface area contributed by atoms with Crippen LogP contribution in [0, 0.1) is 40.4 Å². The molecular weight excluding hydrogens is 356 g/mol. The van der Waals surface area contributed by atoms with E-state index in [1.54, 1.807) is 0 Å². The number of hydrogen-bond acceptors (Lipinski definition) is 4. The van der Waals surface area contributed by atoms with Crippen molar-refractivity contribution in [3.8, 4) is 0 Å². The first-order valence-corrected chi connectivity index (χ1v) is 11.4. The Balaban J connectivity index is 1.58. The average Bonchev–Trinajstić information content (AvgIpc) is 2.95. The summed E-state index contributed by atoms with van der Waals surface area (Å²) in [6.07, 6.45) is 6.95. The van der Waals surface area contributed by atoms with E-state index in [0.29, 0.717) is 30.1 Å². The SMILES string of the molecule is C[C@]12CC[C@@H](O)C[C@H]1C[C@@H](O)C1[C@@H]2C[C@H](O)[C@]2(C)[C@@H](CCCC(=O)O)CC[C@@H]12. The highest BCUT2D eigenvalue weighted by atomic mass is 16.4. The van der Waals surface area contributed by atoms with E-state index in [-0.39, 0.29) is 41.5 Å². The molecule has 4 N–H and O–H groups in total. The van der Waals surface area contributed by atoms with Crippen molar-refractivity contribution in [2.75, 3.05) is 0 Å². The van der Waals surface area contributed by atoms with Crippen molar-refractivity contribution in [2.24, 2.45) is 40.4 Å². The predicted octanol–water partition coefficient (Wildman–Crippen LogP) is 3.20. The van der Waals surface area contributed by atoms with Crippen LogP contribution in [0.5, 0.6) is 0 Å². The molecule has 0 aromatic rings. The average molecular weight is 395 g/mol. The molecule has 4 aliphatic carbocycles. The summed E-state index contributed by atoms with van der Waals surface area (Å²) in [5.74, 6) is 0.810. The fraction of sp³-hybridized carbons (Fsp3) is 0.957. The quantitative estimate of drug-likeness (QED) is 0.587. The topological polar surface area (TPSA) is 98.0 Å². The van der Waals surface area contributed by atoms with Gasteiger partial charge in [0.25, 0.3) is 0 Å². The van der Waals surface area contributed by atoms with Crippen LogP contribution >= 0.6 is 0 Å². The molecule has 10 atom stereocenters. The maximum Gasteiger partial charge on any atom is 0.303 e. The summed E-state index contributed by atoms with van der Waals surface area (Å²) in [5, 5.41) is 41.7. The van der Waals surface area contributed by atoms with Crippen LogP contribution in [0.4, 0.5) is 0 Å². The van der Waals surface area contributed by atoms with E-state index >= 15 is 0 Å². The summed E-state index contributed by atoms with van der Waals surface area (Å²) >= 11 is 0. The third-order valence-electron chi connectivity index (χ3n) is 9.90. The zero-order chi connectivity index (χ0) is 20.3. The molecular formula is C23H38O5. The van der Waals surface area contributed by atoms with Crippen LogP contribution in [0.2, 0.25) is 0 Å². The number of fused-ring (bicyclic) bond motifs is 5. The van der Waals surface area contributed by atoms with Crippen molar-refractivity contribution in [1.82, 2.24) is 0 Å². The Hall–Kier alpha value is -0.650. The van der Waals surface area contributed by atoms with Gasteiger partial charge in [0.2, 0.25) is 0 Å². The molecule has 0 heterocycles. The van der Waals surface area contributed by atoms with E-state index in [4.69, 9.17) is 5.11 Å². The van der Waals surface area contributed by atoms with Crippen molar-refractivity contribution in [3.63, 3.8) is 0 Å². The van der Waals surface area contributed by atoms with Crippen LogP contribution in [0.25, 0.3) is 0 Å². The minimum atomic E-state index is -0.745. The molecule has 160 valence electrons. The van der Waals surface area contributed by atoms with Crippen molar-refractivity contribution >= 4 is 5.97 Å². The highest BCUT2D eigenvalue weighted by Crippen LogP contribution is 2.67. The van der Waals surface area contributed by atoms with E-state index in [1.165, 1.54) is 0 Å². The third kappa shape index (κ3) is 3.04. The van der Waals surface area contributed by atoms with E-state index in [1.807, 2.05) is 0 Å². The van der Waals surface area contributed by atoms with Gasteiger partial charge in [0.1, 0.15) is 0 Å². The number of carboxylic acid groups (broad SMARTS) is 1. The summed E-state index contributed by atoms with van der Waals surface area (Å²) < 4.78 is 0. The molecule has 0 aromatic heterocycles. The van der Waals surface area contributed by atoms with Crippen LogP contribution in [0.15, 0.2) is 0 Å². The molecule has 4 rings (SSSR count). The molecule has 0 aromatic carbocycles. The lowest BCUT2D eigenvalue weighted by Gasteiger charge is -2.63. The first-order chi connectivity index (χ1) is 13.2. The van der Waals surface area contributed by atoms with Gasteiger partial charge in [0, 0.05) is 6.42 Å². The van der Waals surface area contributed by atoms with Gasteiger partial charge in [-0.05, 0) is 98.2 Å². The maximum absolute atomic E-state index is 11.4. The first kappa shape index (κ1) is 20.6. The van der Waals surface area contributed by atoms with E-state index < -0.39 is 5.97 Å². The molecule has 1 unspecified atom stereocenters. The molecule has 5 nitrogen and oxygen atoms in total. The molecule has 4 saturated carbocycles. The zero-order valence-electron chi connectivity index (χ0n) is 17.4. The fourth-order valence-electron chi connectivity index (χ4n) is 8.26. The summed E-state index contributed by atoms with van der Waals surface area (Å²) in [6, 6.07) is 0. The molecule has 0 amide bonds. The smallest absolute Gasteiger partial charge is 0.303 e. The molecule has 0 bridgehead atoms. The second kappa shape index (κ2) is 7.24. The van der Waals surface area contributed by atoms with Gasteiger partial charge in [0.15, 0.2) is 0 Å². The van der Waals surface area contributed by atoms with Gasteiger partial charge >= 0.3 is 5.97 Å². The van der Waals surface area contributed by atoms with Crippen LogP contribution in [0.1, 0.15) is 78.1 Å². The van der Waals surface area contributed by atoms with Gasteiger partial charge in [-0.1, -0.05) is 13.8 Å². The van der Waals surface area contributed by atoms with Crippen molar-refractivity contribution in [1.29, 1.82) is 0 Å². The number of aliphatic hydroxyl groups excluding tert-OH is 3. The lowest BCUT2D eigenvalue weighted by atomic mass is 9.43. The molecule has 0 spiro atoms. The normalized spacial score (nSPS) is 53.2. The molecule has 5 heteroatoms. The molecule has 28 heavy (non-hydrogen) atoms. The molecule has 0 saturated heterocycles. The van der Waals surface area contributed by atoms with Gasteiger partial charge in [-0.25, -0.2) is 0 Å². The summed E-state index contributed by atoms with van der Waals surface area (Å²) in [4.78, 5) is 10.9. The van der Waals surface area contributed by atoms with Crippen LogP contribution in [0.3, 0.4) is 0 Å². The predicted molar refractivity (Wildman–Crippen MR) is 105 cm³/mol. The molecule has 0 aliphatic heterocycles. The fourth-order valence-corrected chi connectivity index (χ4v) is 8.26. The van der Waals surface area contributed by atoms with Gasteiger partial charge in [-0.15, -0.1) is 0 Å². The maximum atomic E-state index is 11.4. The third-order valence-corrected chi connectivity index (χ3v) is 9.90. The zero-order valence-corrected chi connectivity index (χ0v) is 17.4. The van der Waals surface area contributed by atoms with Crippen molar-refractivity contribution < 1.29 is 25.2 Å². The van der Waals surface area contributed by atoms with E-state index in [2.05, 4.69) is 13.8 Å². The second-order valence-corrected chi connectivity index (χ2v) is 10.9. The number of rotatable bonds is 4. The highest BCUT2D eigenvalue weighted by molar-refractivity contribution is 5.66. The Kier molecular flexibility index (Phi) is 5.33. The number of carboxylic acids is 1. The van der Waals surface area contributed by atoms with Gasteiger partial charge in [-0.3, -0.25) is 4.79 Å². The van der Waals surface area contributed by atoms with Crippen LogP contribution in [-0.4, -0.2) is 44.7 Å². The molecule has 4 aliphatic rings. The molecule has 0 radical (unpaired) electrons. The second-order valence-electron chi connectivity index (χ2n) is 10.9. The minimum absolute atomic E-state index is 0.104.